The van der Waals surface area contributed by atoms with Gasteiger partial charge in [0.1, 0.15) is 0 Å². The average molecular weight is 366 g/mol. The van der Waals surface area contributed by atoms with Crippen molar-refractivity contribution in [3.63, 3.8) is 0 Å². The van der Waals surface area contributed by atoms with Crippen molar-refractivity contribution >= 4 is 21.9 Å². The Bertz CT molecular complexity index is 738. The summed E-state index contributed by atoms with van der Waals surface area (Å²) in [6, 6.07) is 8.25. The van der Waals surface area contributed by atoms with Gasteiger partial charge in [0.25, 0.3) is 5.91 Å². The smallest absolute Gasteiger partial charge is 0.309 e. The number of piperazine rings is 1. The van der Waals surface area contributed by atoms with Crippen molar-refractivity contribution in [2.75, 3.05) is 26.2 Å². The van der Waals surface area contributed by atoms with Crippen LogP contribution in [0.4, 0.5) is 0 Å². The number of carbonyl (C=O) groups is 2. The van der Waals surface area contributed by atoms with Crippen molar-refractivity contribution in [2.24, 2.45) is 5.92 Å². The van der Waals surface area contributed by atoms with Gasteiger partial charge in [-0.25, -0.2) is 8.42 Å². The Kier molecular flexibility index (Phi) is 5.10. The van der Waals surface area contributed by atoms with E-state index in [4.69, 9.17) is 4.74 Å². The highest BCUT2D eigenvalue weighted by atomic mass is 32.2. The molecule has 1 heterocycles. The number of amides is 1. The largest absolute Gasteiger partial charge is 0.452 e. The summed E-state index contributed by atoms with van der Waals surface area (Å²) < 4.78 is 31.7. The lowest BCUT2D eigenvalue weighted by Gasteiger charge is -2.35. The van der Waals surface area contributed by atoms with Gasteiger partial charge in [0, 0.05) is 26.2 Å². The zero-order chi connectivity index (χ0) is 18.0. The lowest BCUT2D eigenvalue weighted by molar-refractivity contribution is -0.160. The van der Waals surface area contributed by atoms with Crippen LogP contribution in [0.5, 0.6) is 0 Å². The molecule has 1 aromatic rings. The van der Waals surface area contributed by atoms with E-state index in [-0.39, 0.29) is 48.9 Å². The summed E-state index contributed by atoms with van der Waals surface area (Å²) in [7, 11) is -3.54. The zero-order valence-corrected chi connectivity index (χ0v) is 14.9. The lowest BCUT2D eigenvalue weighted by Crippen LogP contribution is -2.52. The summed E-state index contributed by atoms with van der Waals surface area (Å²) in [6.45, 7) is 2.60. The van der Waals surface area contributed by atoms with Crippen molar-refractivity contribution in [1.82, 2.24) is 9.21 Å². The SMILES string of the molecule is C[C@@H](OC(=O)C1CC1)C(=O)N1CCN(S(=O)(=O)c2ccccc2)CC1. The number of rotatable bonds is 5. The number of hydrogen-bond acceptors (Lipinski definition) is 5. The van der Waals surface area contributed by atoms with Crippen LogP contribution < -0.4 is 0 Å². The van der Waals surface area contributed by atoms with E-state index in [2.05, 4.69) is 0 Å². The van der Waals surface area contributed by atoms with E-state index in [1.165, 1.54) is 4.31 Å². The van der Waals surface area contributed by atoms with Gasteiger partial charge < -0.3 is 9.64 Å². The molecule has 1 atom stereocenters. The number of ether oxygens (including phenoxy) is 1. The second-order valence-corrected chi connectivity index (χ2v) is 8.33. The van der Waals surface area contributed by atoms with Crippen molar-refractivity contribution in [3.8, 4) is 0 Å². The van der Waals surface area contributed by atoms with Gasteiger partial charge >= 0.3 is 5.97 Å². The summed E-state index contributed by atoms with van der Waals surface area (Å²) in [6.07, 6.45) is 0.830. The summed E-state index contributed by atoms with van der Waals surface area (Å²) in [4.78, 5) is 25.9. The summed E-state index contributed by atoms with van der Waals surface area (Å²) in [5, 5.41) is 0. The molecule has 2 fully saturated rings. The van der Waals surface area contributed by atoms with E-state index in [1.54, 1.807) is 42.2 Å². The quantitative estimate of drug-likeness (QED) is 0.722. The Balaban J connectivity index is 1.56. The third-order valence-electron chi connectivity index (χ3n) is 4.48. The molecule has 0 radical (unpaired) electrons. The standard InChI is InChI=1S/C17H22N2O5S/c1-13(24-17(21)14-7-8-14)16(20)18-9-11-19(12-10-18)25(22,23)15-5-3-2-4-6-15/h2-6,13-14H,7-12H2,1H3/t13-/m1/s1. The zero-order valence-electron chi connectivity index (χ0n) is 14.1. The Hall–Kier alpha value is -1.93. The number of carbonyl (C=O) groups excluding carboxylic acids is 2. The molecular weight excluding hydrogens is 344 g/mol. The van der Waals surface area contributed by atoms with Crippen LogP contribution in [0.2, 0.25) is 0 Å². The second-order valence-electron chi connectivity index (χ2n) is 6.40. The van der Waals surface area contributed by atoms with Crippen molar-refractivity contribution < 1.29 is 22.7 Å². The molecule has 1 aliphatic carbocycles. The van der Waals surface area contributed by atoms with Crippen LogP contribution >= 0.6 is 0 Å². The number of benzene rings is 1. The predicted octanol–water partition coefficient (Wildman–Crippen LogP) is 0.861. The van der Waals surface area contributed by atoms with Crippen LogP contribution in [0, 0.1) is 5.92 Å². The Morgan fingerprint density at radius 3 is 2.24 bits per heavy atom. The molecule has 1 saturated carbocycles. The van der Waals surface area contributed by atoms with Crippen molar-refractivity contribution in [2.45, 2.75) is 30.8 Å². The molecule has 25 heavy (non-hydrogen) atoms. The Morgan fingerprint density at radius 2 is 1.68 bits per heavy atom. The highest BCUT2D eigenvalue weighted by molar-refractivity contribution is 7.89. The minimum Gasteiger partial charge on any atom is -0.452 e. The predicted molar refractivity (Wildman–Crippen MR) is 90.1 cm³/mol. The first-order valence-corrected chi connectivity index (χ1v) is 9.88. The highest BCUT2D eigenvalue weighted by Gasteiger charge is 2.36. The molecule has 1 aromatic carbocycles. The van der Waals surface area contributed by atoms with Crippen molar-refractivity contribution in [3.05, 3.63) is 30.3 Å². The maximum Gasteiger partial charge on any atom is 0.309 e. The first-order valence-electron chi connectivity index (χ1n) is 8.44. The van der Waals surface area contributed by atoms with Gasteiger partial charge in [-0.1, -0.05) is 18.2 Å². The normalized spacial score (nSPS) is 20.1. The van der Waals surface area contributed by atoms with Gasteiger partial charge in [-0.05, 0) is 31.9 Å². The Labute approximate surface area is 147 Å². The average Bonchev–Trinajstić information content (AvgIpc) is 3.47. The molecule has 1 aliphatic heterocycles. The highest BCUT2D eigenvalue weighted by Crippen LogP contribution is 2.30. The number of esters is 1. The maximum absolute atomic E-state index is 12.6. The third-order valence-corrected chi connectivity index (χ3v) is 6.40. The van der Waals surface area contributed by atoms with Crippen LogP contribution in [0.1, 0.15) is 19.8 Å². The van der Waals surface area contributed by atoms with E-state index < -0.39 is 16.1 Å². The van der Waals surface area contributed by atoms with Crippen LogP contribution in [-0.2, 0) is 24.3 Å². The third kappa shape index (κ3) is 4.01. The fourth-order valence-corrected chi connectivity index (χ4v) is 4.23. The van der Waals surface area contributed by atoms with Gasteiger partial charge in [-0.2, -0.15) is 4.31 Å². The fraction of sp³-hybridized carbons (Fsp3) is 0.529. The van der Waals surface area contributed by atoms with Crippen LogP contribution in [0.15, 0.2) is 35.2 Å². The molecule has 1 saturated heterocycles. The summed E-state index contributed by atoms with van der Waals surface area (Å²) in [5.74, 6) is -0.639. The minimum atomic E-state index is -3.54. The minimum absolute atomic E-state index is 0.0527. The van der Waals surface area contributed by atoms with Gasteiger partial charge in [-0.15, -0.1) is 0 Å². The van der Waals surface area contributed by atoms with Crippen LogP contribution in [-0.4, -0.2) is 61.8 Å². The molecule has 0 aromatic heterocycles. The van der Waals surface area contributed by atoms with E-state index in [0.717, 1.165) is 12.8 Å². The molecule has 2 aliphatic rings. The Morgan fingerprint density at radius 1 is 1.08 bits per heavy atom. The van der Waals surface area contributed by atoms with Gasteiger partial charge in [0.05, 0.1) is 10.8 Å². The van der Waals surface area contributed by atoms with Crippen molar-refractivity contribution in [1.29, 1.82) is 0 Å². The molecule has 1 amide bonds. The molecular formula is C17H22N2O5S. The van der Waals surface area contributed by atoms with E-state index in [0.29, 0.717) is 0 Å². The van der Waals surface area contributed by atoms with E-state index in [1.807, 2.05) is 0 Å². The topological polar surface area (TPSA) is 84.0 Å². The maximum atomic E-state index is 12.6. The number of sulfonamides is 1. The fourth-order valence-electron chi connectivity index (χ4n) is 2.79. The van der Waals surface area contributed by atoms with Gasteiger partial charge in [-0.3, -0.25) is 9.59 Å². The van der Waals surface area contributed by atoms with E-state index >= 15 is 0 Å². The summed E-state index contributed by atoms with van der Waals surface area (Å²) >= 11 is 0. The van der Waals surface area contributed by atoms with Gasteiger partial charge in [0.15, 0.2) is 6.10 Å². The van der Waals surface area contributed by atoms with Crippen LogP contribution in [0.25, 0.3) is 0 Å². The monoisotopic (exact) mass is 366 g/mol. The molecule has 8 heteroatoms. The number of hydrogen-bond donors (Lipinski definition) is 0. The molecule has 3 rings (SSSR count). The van der Waals surface area contributed by atoms with Crippen LogP contribution in [0.3, 0.4) is 0 Å². The second kappa shape index (κ2) is 7.13. The first kappa shape index (κ1) is 17.9. The lowest BCUT2D eigenvalue weighted by atomic mass is 10.3. The first-order chi connectivity index (χ1) is 11.9. The molecule has 0 unspecified atom stereocenters. The molecule has 0 N–H and O–H groups in total. The van der Waals surface area contributed by atoms with Gasteiger partial charge in [0.2, 0.25) is 10.0 Å². The summed E-state index contributed by atoms with van der Waals surface area (Å²) in [5.41, 5.74) is 0. The molecule has 7 nitrogen and oxygen atoms in total. The molecule has 0 spiro atoms. The molecule has 0 bridgehead atoms. The number of nitrogens with zero attached hydrogens (tertiary/aromatic N) is 2. The molecule has 136 valence electrons. The van der Waals surface area contributed by atoms with E-state index in [9.17, 15) is 18.0 Å².